The molecule has 0 unspecified atom stereocenters. The molecule has 1 aromatic carbocycles. The Balaban J connectivity index is 2.47. The van der Waals surface area contributed by atoms with Gasteiger partial charge in [0.1, 0.15) is 0 Å². The maximum Gasteiger partial charge on any atom is 0.417 e. The van der Waals surface area contributed by atoms with E-state index in [1.54, 1.807) is 0 Å². The summed E-state index contributed by atoms with van der Waals surface area (Å²) in [4.78, 5) is -0.711. The minimum absolute atomic E-state index is 0.0501. The predicted molar refractivity (Wildman–Crippen MR) is 62.8 cm³/mol. The first-order valence-electron chi connectivity index (χ1n) is 5.65. The summed E-state index contributed by atoms with van der Waals surface area (Å²) in [5.41, 5.74) is 4.45. The van der Waals surface area contributed by atoms with Crippen molar-refractivity contribution in [1.82, 2.24) is 4.31 Å². The Hall–Kier alpha value is -1.12. The Bertz CT molecular complexity index is 572. The van der Waals surface area contributed by atoms with Crippen molar-refractivity contribution in [2.24, 2.45) is 5.73 Å². The number of nitrogens with two attached hydrogens (primary N) is 1. The van der Waals surface area contributed by atoms with Crippen molar-refractivity contribution in [2.75, 3.05) is 13.1 Å². The highest BCUT2D eigenvalue weighted by Crippen LogP contribution is 2.35. The van der Waals surface area contributed by atoms with Gasteiger partial charge in [0.05, 0.1) is 10.5 Å². The minimum atomic E-state index is -4.70. The molecule has 8 heteroatoms. The fourth-order valence-electron chi connectivity index (χ4n) is 2.04. The summed E-state index contributed by atoms with van der Waals surface area (Å²) >= 11 is 0. The molecule has 1 saturated heterocycles. The number of alkyl halides is 3. The van der Waals surface area contributed by atoms with Gasteiger partial charge in [0, 0.05) is 19.1 Å². The van der Waals surface area contributed by atoms with E-state index < -0.39 is 26.7 Å². The highest BCUT2D eigenvalue weighted by Gasteiger charge is 2.40. The minimum Gasteiger partial charge on any atom is -0.326 e. The highest BCUT2D eigenvalue weighted by molar-refractivity contribution is 7.89. The Morgan fingerprint density at radius 2 is 1.89 bits per heavy atom. The molecule has 0 amide bonds. The van der Waals surface area contributed by atoms with Crippen LogP contribution in [0.5, 0.6) is 0 Å². The Kier molecular flexibility index (Phi) is 3.59. The number of sulfonamides is 1. The van der Waals surface area contributed by atoms with Crippen LogP contribution in [0, 0.1) is 0 Å². The lowest BCUT2D eigenvalue weighted by molar-refractivity contribution is -0.139. The molecule has 1 atom stereocenters. The van der Waals surface area contributed by atoms with Gasteiger partial charge in [0.2, 0.25) is 10.0 Å². The van der Waals surface area contributed by atoms with Gasteiger partial charge in [-0.15, -0.1) is 0 Å². The van der Waals surface area contributed by atoms with Gasteiger partial charge in [-0.3, -0.25) is 0 Å². The molecule has 106 valence electrons. The molecular formula is C11H13F3N2O2S. The molecule has 0 aliphatic carbocycles. The molecule has 1 fully saturated rings. The molecule has 2 N–H and O–H groups in total. The smallest absolute Gasteiger partial charge is 0.326 e. The molecule has 1 aliphatic heterocycles. The van der Waals surface area contributed by atoms with Crippen molar-refractivity contribution >= 4 is 10.0 Å². The van der Waals surface area contributed by atoms with Gasteiger partial charge in [0.15, 0.2) is 0 Å². The van der Waals surface area contributed by atoms with Gasteiger partial charge in [-0.1, -0.05) is 12.1 Å². The number of hydrogen-bond acceptors (Lipinski definition) is 3. The van der Waals surface area contributed by atoms with E-state index in [1.165, 1.54) is 6.07 Å². The van der Waals surface area contributed by atoms with E-state index in [9.17, 15) is 21.6 Å². The van der Waals surface area contributed by atoms with Gasteiger partial charge >= 0.3 is 6.18 Å². The van der Waals surface area contributed by atoms with Crippen molar-refractivity contribution in [2.45, 2.75) is 23.5 Å². The van der Waals surface area contributed by atoms with Gasteiger partial charge in [-0.25, -0.2) is 8.42 Å². The number of nitrogens with zero attached hydrogens (tertiary/aromatic N) is 1. The van der Waals surface area contributed by atoms with E-state index in [4.69, 9.17) is 5.73 Å². The Labute approximate surface area is 109 Å². The molecule has 19 heavy (non-hydrogen) atoms. The zero-order chi connectivity index (χ0) is 14.3. The first-order chi connectivity index (χ1) is 8.73. The molecule has 1 aliphatic rings. The van der Waals surface area contributed by atoms with E-state index in [2.05, 4.69) is 0 Å². The zero-order valence-electron chi connectivity index (χ0n) is 9.89. The number of hydrogen-bond donors (Lipinski definition) is 1. The van der Waals surface area contributed by atoms with Crippen LogP contribution in [0.1, 0.15) is 12.0 Å². The Morgan fingerprint density at radius 1 is 1.26 bits per heavy atom. The van der Waals surface area contributed by atoms with Crippen molar-refractivity contribution in [3.05, 3.63) is 29.8 Å². The third-order valence-corrected chi connectivity index (χ3v) is 4.92. The topological polar surface area (TPSA) is 63.4 Å². The summed E-state index contributed by atoms with van der Waals surface area (Å²) in [5, 5.41) is 0. The molecule has 1 aromatic rings. The van der Waals surface area contributed by atoms with E-state index in [-0.39, 0.29) is 19.1 Å². The SMILES string of the molecule is N[C@H]1CCN(S(=O)(=O)c2ccccc2C(F)(F)F)C1. The van der Waals surface area contributed by atoms with Crippen LogP contribution < -0.4 is 5.73 Å². The second-order valence-electron chi connectivity index (χ2n) is 4.41. The van der Waals surface area contributed by atoms with Crippen LogP contribution in [0.3, 0.4) is 0 Å². The van der Waals surface area contributed by atoms with Gasteiger partial charge < -0.3 is 5.73 Å². The molecule has 0 saturated carbocycles. The molecular weight excluding hydrogens is 281 g/mol. The maximum atomic E-state index is 12.8. The Morgan fingerprint density at radius 3 is 2.42 bits per heavy atom. The molecule has 1 heterocycles. The predicted octanol–water partition coefficient (Wildman–Crippen LogP) is 1.43. The van der Waals surface area contributed by atoms with E-state index in [0.717, 1.165) is 22.5 Å². The third-order valence-electron chi connectivity index (χ3n) is 3.00. The second kappa shape index (κ2) is 4.77. The fraction of sp³-hybridized carbons (Fsp3) is 0.455. The first kappa shape index (κ1) is 14.3. The number of benzene rings is 1. The molecule has 2 rings (SSSR count). The average molecular weight is 294 g/mol. The summed E-state index contributed by atoms with van der Waals surface area (Å²) in [7, 11) is -4.15. The highest BCUT2D eigenvalue weighted by atomic mass is 32.2. The van der Waals surface area contributed by atoms with Crippen LogP contribution >= 0.6 is 0 Å². The lowest BCUT2D eigenvalue weighted by Gasteiger charge is -2.19. The number of halogens is 3. The van der Waals surface area contributed by atoms with Crippen molar-refractivity contribution < 1.29 is 21.6 Å². The third kappa shape index (κ3) is 2.75. The van der Waals surface area contributed by atoms with E-state index in [0.29, 0.717) is 6.42 Å². The quantitative estimate of drug-likeness (QED) is 0.897. The molecule has 0 aromatic heterocycles. The number of rotatable bonds is 2. The second-order valence-corrected chi connectivity index (χ2v) is 6.31. The van der Waals surface area contributed by atoms with Crippen LogP contribution in [-0.2, 0) is 16.2 Å². The van der Waals surface area contributed by atoms with Crippen LogP contribution in [0.15, 0.2) is 29.2 Å². The zero-order valence-corrected chi connectivity index (χ0v) is 10.7. The lowest BCUT2D eigenvalue weighted by Crippen LogP contribution is -2.33. The molecule has 0 radical (unpaired) electrons. The standard InChI is InChI=1S/C11H13F3N2O2S/c12-11(13,14)9-3-1-2-4-10(9)19(17,18)16-6-5-8(15)7-16/h1-4,8H,5-7,15H2/t8-/m0/s1. The van der Waals surface area contributed by atoms with Gasteiger partial charge in [-0.2, -0.15) is 17.5 Å². The van der Waals surface area contributed by atoms with Crippen LogP contribution in [-0.4, -0.2) is 31.9 Å². The van der Waals surface area contributed by atoms with Crippen LogP contribution in [0.2, 0.25) is 0 Å². The largest absolute Gasteiger partial charge is 0.417 e. The van der Waals surface area contributed by atoms with Crippen molar-refractivity contribution in [1.29, 1.82) is 0 Å². The average Bonchev–Trinajstić information content (AvgIpc) is 2.75. The summed E-state index contributed by atoms with van der Waals surface area (Å²) < 4.78 is 63.9. The molecule has 0 bridgehead atoms. The van der Waals surface area contributed by atoms with Crippen LogP contribution in [0.25, 0.3) is 0 Å². The summed E-state index contributed by atoms with van der Waals surface area (Å²) in [6.45, 7) is 0.199. The van der Waals surface area contributed by atoms with Gasteiger partial charge in [0.25, 0.3) is 0 Å². The first-order valence-corrected chi connectivity index (χ1v) is 7.09. The normalized spacial score (nSPS) is 21.8. The summed E-state index contributed by atoms with van der Waals surface area (Å²) in [6, 6.07) is 3.86. The van der Waals surface area contributed by atoms with Crippen LogP contribution in [0.4, 0.5) is 13.2 Å². The van der Waals surface area contributed by atoms with E-state index in [1.807, 2.05) is 0 Å². The monoisotopic (exact) mass is 294 g/mol. The molecule has 4 nitrogen and oxygen atoms in total. The van der Waals surface area contributed by atoms with Crippen molar-refractivity contribution in [3.8, 4) is 0 Å². The fourth-order valence-corrected chi connectivity index (χ4v) is 3.76. The molecule has 0 spiro atoms. The van der Waals surface area contributed by atoms with E-state index >= 15 is 0 Å². The maximum absolute atomic E-state index is 12.8. The van der Waals surface area contributed by atoms with Gasteiger partial charge in [-0.05, 0) is 18.6 Å². The lowest BCUT2D eigenvalue weighted by atomic mass is 10.2. The van der Waals surface area contributed by atoms with Crippen molar-refractivity contribution in [3.63, 3.8) is 0 Å². The summed E-state index contributed by atoms with van der Waals surface area (Å²) in [5.74, 6) is 0. The summed E-state index contributed by atoms with van der Waals surface area (Å²) in [6.07, 6.45) is -4.25.